The third-order valence-electron chi connectivity index (χ3n) is 2.48. The summed E-state index contributed by atoms with van der Waals surface area (Å²) in [5.74, 6) is -1.29. The quantitative estimate of drug-likeness (QED) is 0.594. The fraction of sp³-hybridized carbons (Fsp3) is 0. The van der Waals surface area contributed by atoms with Gasteiger partial charge >= 0.3 is 5.97 Å². The molecule has 5 heteroatoms. The average molecular weight is 288 g/mol. The monoisotopic (exact) mass is 288 g/mol. The first-order chi connectivity index (χ1) is 9.54. The number of rotatable bonds is 4. The van der Waals surface area contributed by atoms with E-state index in [1.807, 2.05) is 24.3 Å². The lowest BCUT2D eigenvalue weighted by Gasteiger charge is -2.04. The van der Waals surface area contributed by atoms with Gasteiger partial charge in [-0.1, -0.05) is 23.9 Å². The zero-order chi connectivity index (χ0) is 14.5. The van der Waals surface area contributed by atoms with Crippen LogP contribution in [-0.2, 0) is 4.79 Å². The lowest BCUT2D eigenvalue weighted by molar-refractivity contribution is -0.131. The molecule has 0 amide bonds. The van der Waals surface area contributed by atoms with Crippen LogP contribution >= 0.6 is 11.8 Å². The van der Waals surface area contributed by atoms with Crippen LogP contribution in [0.3, 0.4) is 0 Å². The number of carboxylic acids is 1. The van der Waals surface area contributed by atoms with Gasteiger partial charge in [-0.3, -0.25) is 0 Å². The average Bonchev–Trinajstić information content (AvgIpc) is 2.42. The lowest BCUT2D eigenvalue weighted by Crippen LogP contribution is -1.85. The molecule has 0 bridgehead atoms. The van der Waals surface area contributed by atoms with Crippen molar-refractivity contribution in [2.45, 2.75) is 9.79 Å². The first kappa shape index (κ1) is 14.0. The molecule has 0 aliphatic carbocycles. The standard InChI is InChI=1S/C15H12O4S/c16-13-7-6-12(9-14(13)17)20-11-4-1-10(2-5-11)3-8-15(18)19/h1-9,16-17H,(H,18,19). The minimum Gasteiger partial charge on any atom is -0.504 e. The van der Waals surface area contributed by atoms with Crippen LogP contribution in [0, 0.1) is 0 Å². The molecular weight excluding hydrogens is 276 g/mol. The van der Waals surface area contributed by atoms with Crippen molar-refractivity contribution in [2.24, 2.45) is 0 Å². The van der Waals surface area contributed by atoms with Crippen molar-refractivity contribution in [1.82, 2.24) is 0 Å². The molecule has 0 radical (unpaired) electrons. The van der Waals surface area contributed by atoms with E-state index >= 15 is 0 Å². The summed E-state index contributed by atoms with van der Waals surface area (Å²) in [5.41, 5.74) is 0.797. The maximum Gasteiger partial charge on any atom is 0.328 e. The molecule has 0 aromatic heterocycles. The van der Waals surface area contributed by atoms with E-state index in [2.05, 4.69) is 0 Å². The summed E-state index contributed by atoms with van der Waals surface area (Å²) in [6.45, 7) is 0. The van der Waals surface area contributed by atoms with Crippen molar-refractivity contribution in [3.63, 3.8) is 0 Å². The van der Waals surface area contributed by atoms with E-state index < -0.39 is 5.97 Å². The normalized spacial score (nSPS) is 10.8. The Morgan fingerprint density at radius 3 is 2.20 bits per heavy atom. The van der Waals surface area contributed by atoms with Crippen molar-refractivity contribution in [3.05, 3.63) is 54.1 Å². The van der Waals surface area contributed by atoms with Gasteiger partial charge in [-0.2, -0.15) is 0 Å². The molecule has 2 aromatic rings. The van der Waals surface area contributed by atoms with Crippen molar-refractivity contribution in [1.29, 1.82) is 0 Å². The maximum absolute atomic E-state index is 10.4. The number of hydrogen-bond acceptors (Lipinski definition) is 4. The second-order valence-electron chi connectivity index (χ2n) is 3.99. The first-order valence-corrected chi connectivity index (χ1v) is 6.57. The minimum atomic E-state index is -0.983. The van der Waals surface area contributed by atoms with Crippen molar-refractivity contribution >= 4 is 23.8 Å². The molecule has 4 nitrogen and oxygen atoms in total. The molecule has 0 spiro atoms. The number of carboxylic acid groups (broad SMARTS) is 1. The molecule has 2 rings (SSSR count). The van der Waals surface area contributed by atoms with Crippen molar-refractivity contribution in [2.75, 3.05) is 0 Å². The zero-order valence-electron chi connectivity index (χ0n) is 10.4. The van der Waals surface area contributed by atoms with Gasteiger partial charge in [0, 0.05) is 15.9 Å². The predicted molar refractivity (Wildman–Crippen MR) is 77.0 cm³/mol. The molecular formula is C15H12O4S. The third kappa shape index (κ3) is 3.80. The summed E-state index contributed by atoms with van der Waals surface area (Å²) < 4.78 is 0. The molecule has 0 heterocycles. The molecule has 102 valence electrons. The molecule has 0 aliphatic heterocycles. The second-order valence-corrected chi connectivity index (χ2v) is 5.14. The number of hydrogen-bond donors (Lipinski definition) is 3. The van der Waals surface area contributed by atoms with E-state index in [1.54, 1.807) is 6.07 Å². The van der Waals surface area contributed by atoms with E-state index in [0.717, 1.165) is 21.4 Å². The van der Waals surface area contributed by atoms with Gasteiger partial charge < -0.3 is 15.3 Å². The predicted octanol–water partition coefficient (Wildman–Crippen LogP) is 3.35. The summed E-state index contributed by atoms with van der Waals surface area (Å²) in [6.07, 6.45) is 2.60. The Labute approximate surface area is 120 Å². The Morgan fingerprint density at radius 2 is 1.60 bits per heavy atom. The van der Waals surface area contributed by atoms with Crippen LogP contribution in [0.1, 0.15) is 5.56 Å². The third-order valence-corrected chi connectivity index (χ3v) is 3.48. The molecule has 0 aliphatic rings. The molecule has 3 N–H and O–H groups in total. The number of aliphatic carboxylic acids is 1. The van der Waals surface area contributed by atoms with Gasteiger partial charge in [0.15, 0.2) is 11.5 Å². The molecule has 0 fully saturated rings. The number of benzene rings is 2. The maximum atomic E-state index is 10.4. The Balaban J connectivity index is 2.10. The summed E-state index contributed by atoms with van der Waals surface area (Å²) in [5, 5.41) is 27.2. The lowest BCUT2D eigenvalue weighted by atomic mass is 10.2. The van der Waals surface area contributed by atoms with Gasteiger partial charge in [-0.25, -0.2) is 4.79 Å². The summed E-state index contributed by atoms with van der Waals surface area (Å²) >= 11 is 1.43. The number of phenols is 2. The number of carbonyl (C=O) groups is 1. The van der Waals surface area contributed by atoms with Gasteiger partial charge in [-0.15, -0.1) is 0 Å². The number of aromatic hydroxyl groups is 2. The highest BCUT2D eigenvalue weighted by Crippen LogP contribution is 2.34. The molecule has 0 atom stereocenters. The first-order valence-electron chi connectivity index (χ1n) is 5.75. The van der Waals surface area contributed by atoms with Crippen LogP contribution < -0.4 is 0 Å². The van der Waals surface area contributed by atoms with Gasteiger partial charge in [0.2, 0.25) is 0 Å². The fourth-order valence-corrected chi connectivity index (χ4v) is 2.37. The van der Waals surface area contributed by atoms with Crippen molar-refractivity contribution < 1.29 is 20.1 Å². The van der Waals surface area contributed by atoms with E-state index in [4.69, 9.17) is 5.11 Å². The minimum absolute atomic E-state index is 0.150. The smallest absolute Gasteiger partial charge is 0.328 e. The number of phenolic OH excluding ortho intramolecular Hbond substituents is 2. The molecule has 0 unspecified atom stereocenters. The second kappa shape index (κ2) is 6.16. The highest BCUT2D eigenvalue weighted by molar-refractivity contribution is 7.99. The molecule has 20 heavy (non-hydrogen) atoms. The van der Waals surface area contributed by atoms with Gasteiger partial charge in [0.1, 0.15) is 0 Å². The van der Waals surface area contributed by atoms with Crippen LogP contribution in [0.15, 0.2) is 58.3 Å². The van der Waals surface area contributed by atoms with Gasteiger partial charge in [0.05, 0.1) is 0 Å². The van der Waals surface area contributed by atoms with Gasteiger partial charge in [0.25, 0.3) is 0 Å². The van der Waals surface area contributed by atoms with Crippen LogP contribution in [0.4, 0.5) is 0 Å². The Kier molecular flexibility index (Phi) is 4.32. The SMILES string of the molecule is O=C(O)C=Cc1ccc(Sc2ccc(O)c(O)c2)cc1. The summed E-state index contributed by atoms with van der Waals surface area (Å²) in [6, 6.07) is 12.0. The highest BCUT2D eigenvalue weighted by atomic mass is 32.2. The topological polar surface area (TPSA) is 77.8 Å². The molecule has 2 aromatic carbocycles. The van der Waals surface area contributed by atoms with E-state index in [0.29, 0.717) is 0 Å². The van der Waals surface area contributed by atoms with E-state index in [-0.39, 0.29) is 11.5 Å². The van der Waals surface area contributed by atoms with E-state index in [9.17, 15) is 15.0 Å². The zero-order valence-corrected chi connectivity index (χ0v) is 11.2. The van der Waals surface area contributed by atoms with E-state index in [1.165, 1.54) is 30.0 Å². The Morgan fingerprint density at radius 1 is 0.950 bits per heavy atom. The highest BCUT2D eigenvalue weighted by Gasteiger charge is 2.02. The summed E-state index contributed by atoms with van der Waals surface area (Å²) in [4.78, 5) is 12.2. The van der Waals surface area contributed by atoms with Crippen LogP contribution in [0.2, 0.25) is 0 Å². The fourth-order valence-electron chi connectivity index (χ4n) is 1.52. The Hall–Kier alpha value is -2.40. The van der Waals surface area contributed by atoms with Crippen LogP contribution in [0.5, 0.6) is 11.5 Å². The van der Waals surface area contributed by atoms with Gasteiger partial charge in [-0.05, 0) is 42.0 Å². The molecule has 0 saturated heterocycles. The van der Waals surface area contributed by atoms with Crippen LogP contribution in [0.25, 0.3) is 6.08 Å². The Bertz CT molecular complexity index is 647. The molecule has 0 saturated carbocycles. The van der Waals surface area contributed by atoms with Crippen LogP contribution in [-0.4, -0.2) is 21.3 Å². The largest absolute Gasteiger partial charge is 0.504 e. The summed E-state index contributed by atoms with van der Waals surface area (Å²) in [7, 11) is 0. The van der Waals surface area contributed by atoms with Crippen molar-refractivity contribution in [3.8, 4) is 11.5 Å².